The molecule has 0 radical (unpaired) electrons. The highest BCUT2D eigenvalue weighted by molar-refractivity contribution is 5.88. The summed E-state index contributed by atoms with van der Waals surface area (Å²) in [6.07, 6.45) is 5.76. The first-order chi connectivity index (χ1) is 9.16. The molecule has 0 saturated heterocycles. The zero-order chi connectivity index (χ0) is 13.4. The van der Waals surface area contributed by atoms with Crippen LogP contribution in [0.5, 0.6) is 0 Å². The van der Waals surface area contributed by atoms with E-state index in [0.29, 0.717) is 6.04 Å². The zero-order valence-electron chi connectivity index (χ0n) is 11.5. The number of hydrogen-bond acceptors (Lipinski definition) is 2. The van der Waals surface area contributed by atoms with Crippen LogP contribution in [-0.2, 0) is 0 Å². The lowest BCUT2D eigenvalue weighted by Crippen LogP contribution is -1.98. The number of nitrogens with zero attached hydrogens (tertiary/aromatic N) is 3. The van der Waals surface area contributed by atoms with Crippen LogP contribution in [-0.4, -0.2) is 14.8 Å². The first-order valence-corrected chi connectivity index (χ1v) is 6.55. The second kappa shape index (κ2) is 4.50. The highest BCUT2D eigenvalue weighted by Gasteiger charge is 2.09. The lowest BCUT2D eigenvalue weighted by atomic mass is 10.1. The second-order valence-electron chi connectivity index (χ2n) is 5.18. The molecule has 0 atom stereocenters. The van der Waals surface area contributed by atoms with Crippen LogP contribution in [0.25, 0.3) is 22.0 Å². The van der Waals surface area contributed by atoms with E-state index in [1.165, 1.54) is 22.0 Å². The monoisotopic (exact) mass is 251 g/mol. The third kappa shape index (κ3) is 2.01. The molecule has 3 nitrogen and oxygen atoms in total. The maximum Gasteiger partial charge on any atom is 0.0574 e. The molecule has 19 heavy (non-hydrogen) atoms. The standard InChI is InChI=1S/C16H17N3/c1-11(2)19-10-12(3)15-5-4-13(8-16(15)19)14-6-7-17-18-9-14/h4-11H,1-3H3. The SMILES string of the molecule is Cc1cn(C(C)C)c2cc(-c3ccnnc3)ccc12. The fourth-order valence-corrected chi connectivity index (χ4v) is 2.49. The summed E-state index contributed by atoms with van der Waals surface area (Å²) in [5.74, 6) is 0. The van der Waals surface area contributed by atoms with E-state index < -0.39 is 0 Å². The van der Waals surface area contributed by atoms with Gasteiger partial charge in [0.05, 0.1) is 12.4 Å². The van der Waals surface area contributed by atoms with Gasteiger partial charge in [0.25, 0.3) is 0 Å². The average molecular weight is 251 g/mol. The van der Waals surface area contributed by atoms with Crippen molar-refractivity contribution in [1.82, 2.24) is 14.8 Å². The van der Waals surface area contributed by atoms with Crippen LogP contribution in [0.2, 0.25) is 0 Å². The normalized spacial score (nSPS) is 11.4. The van der Waals surface area contributed by atoms with Crippen LogP contribution < -0.4 is 0 Å². The molecule has 0 N–H and O–H groups in total. The van der Waals surface area contributed by atoms with Gasteiger partial charge in [-0.05, 0) is 44.0 Å². The van der Waals surface area contributed by atoms with Crippen molar-refractivity contribution in [3.8, 4) is 11.1 Å². The average Bonchev–Trinajstić information content (AvgIpc) is 2.77. The molecule has 96 valence electrons. The first kappa shape index (κ1) is 11.9. The zero-order valence-corrected chi connectivity index (χ0v) is 11.5. The lowest BCUT2D eigenvalue weighted by molar-refractivity contribution is 0.622. The van der Waals surface area contributed by atoms with Gasteiger partial charge in [0, 0.05) is 28.7 Å². The van der Waals surface area contributed by atoms with Crippen molar-refractivity contribution >= 4 is 10.9 Å². The Bertz CT molecular complexity index is 711. The molecule has 0 aliphatic rings. The molecular weight excluding hydrogens is 234 g/mol. The Hall–Kier alpha value is -2.16. The second-order valence-corrected chi connectivity index (χ2v) is 5.18. The van der Waals surface area contributed by atoms with Gasteiger partial charge in [0.15, 0.2) is 0 Å². The quantitative estimate of drug-likeness (QED) is 0.689. The van der Waals surface area contributed by atoms with Crippen LogP contribution in [0.4, 0.5) is 0 Å². The molecule has 0 amide bonds. The summed E-state index contributed by atoms with van der Waals surface area (Å²) in [5, 5.41) is 9.09. The molecule has 3 rings (SSSR count). The highest BCUT2D eigenvalue weighted by atomic mass is 15.1. The molecule has 2 heterocycles. The number of fused-ring (bicyclic) bond motifs is 1. The number of rotatable bonds is 2. The molecule has 0 aliphatic carbocycles. The Morgan fingerprint density at radius 1 is 1.05 bits per heavy atom. The van der Waals surface area contributed by atoms with E-state index in [9.17, 15) is 0 Å². The number of aromatic nitrogens is 3. The minimum Gasteiger partial charge on any atom is -0.345 e. The van der Waals surface area contributed by atoms with Gasteiger partial charge < -0.3 is 4.57 Å². The van der Waals surface area contributed by atoms with Gasteiger partial charge >= 0.3 is 0 Å². The summed E-state index contributed by atoms with van der Waals surface area (Å²) in [6.45, 7) is 6.58. The van der Waals surface area contributed by atoms with Crippen molar-refractivity contribution in [2.24, 2.45) is 0 Å². The largest absolute Gasteiger partial charge is 0.345 e. The van der Waals surface area contributed by atoms with Crippen LogP contribution >= 0.6 is 0 Å². The smallest absolute Gasteiger partial charge is 0.0574 e. The van der Waals surface area contributed by atoms with E-state index in [2.05, 4.69) is 59.9 Å². The van der Waals surface area contributed by atoms with Gasteiger partial charge in [0.2, 0.25) is 0 Å². The molecule has 0 fully saturated rings. The first-order valence-electron chi connectivity index (χ1n) is 6.55. The molecule has 3 aromatic rings. The van der Waals surface area contributed by atoms with Crippen LogP contribution in [0.15, 0.2) is 42.9 Å². The fourth-order valence-electron chi connectivity index (χ4n) is 2.49. The summed E-state index contributed by atoms with van der Waals surface area (Å²) in [4.78, 5) is 0. The molecule has 0 unspecified atom stereocenters. The lowest BCUT2D eigenvalue weighted by Gasteiger charge is -2.10. The van der Waals surface area contributed by atoms with Gasteiger partial charge in [0.1, 0.15) is 0 Å². The van der Waals surface area contributed by atoms with Gasteiger partial charge in [-0.3, -0.25) is 0 Å². The molecule has 0 saturated carbocycles. The topological polar surface area (TPSA) is 30.7 Å². The van der Waals surface area contributed by atoms with Crippen LogP contribution in [0, 0.1) is 6.92 Å². The number of hydrogen-bond donors (Lipinski definition) is 0. The van der Waals surface area contributed by atoms with E-state index in [-0.39, 0.29) is 0 Å². The number of aryl methyl sites for hydroxylation is 1. The molecule has 2 aromatic heterocycles. The molecule has 0 spiro atoms. The Morgan fingerprint density at radius 2 is 1.89 bits per heavy atom. The van der Waals surface area contributed by atoms with Crippen LogP contribution in [0.3, 0.4) is 0 Å². The summed E-state index contributed by atoms with van der Waals surface area (Å²) >= 11 is 0. The minimum absolute atomic E-state index is 0.460. The fraction of sp³-hybridized carbons (Fsp3) is 0.250. The third-order valence-electron chi connectivity index (χ3n) is 3.51. The number of benzene rings is 1. The van der Waals surface area contributed by atoms with Crippen molar-refractivity contribution in [3.05, 3.63) is 48.4 Å². The van der Waals surface area contributed by atoms with E-state index in [1.807, 2.05) is 6.07 Å². The summed E-state index contributed by atoms with van der Waals surface area (Å²) in [6, 6.07) is 9.03. The third-order valence-corrected chi connectivity index (χ3v) is 3.51. The Labute approximate surface area is 112 Å². The van der Waals surface area contributed by atoms with E-state index in [1.54, 1.807) is 12.4 Å². The maximum atomic E-state index is 3.95. The predicted octanol–water partition coefficient (Wildman–Crippen LogP) is 3.99. The van der Waals surface area contributed by atoms with Crippen molar-refractivity contribution in [3.63, 3.8) is 0 Å². The van der Waals surface area contributed by atoms with Gasteiger partial charge in [-0.1, -0.05) is 12.1 Å². The predicted molar refractivity (Wildman–Crippen MR) is 78.1 cm³/mol. The summed E-state index contributed by atoms with van der Waals surface area (Å²) in [7, 11) is 0. The molecule has 1 aromatic carbocycles. The maximum absolute atomic E-state index is 3.95. The van der Waals surface area contributed by atoms with Crippen molar-refractivity contribution in [2.45, 2.75) is 26.8 Å². The Morgan fingerprint density at radius 3 is 2.58 bits per heavy atom. The van der Waals surface area contributed by atoms with Crippen molar-refractivity contribution < 1.29 is 0 Å². The Balaban J connectivity index is 2.23. The summed E-state index contributed by atoms with van der Waals surface area (Å²) in [5.41, 5.74) is 4.89. The molecule has 0 aliphatic heterocycles. The van der Waals surface area contributed by atoms with Crippen LogP contribution in [0.1, 0.15) is 25.5 Å². The van der Waals surface area contributed by atoms with E-state index in [0.717, 1.165) is 5.56 Å². The minimum atomic E-state index is 0.460. The van der Waals surface area contributed by atoms with Gasteiger partial charge in [-0.25, -0.2) is 0 Å². The summed E-state index contributed by atoms with van der Waals surface area (Å²) < 4.78 is 2.32. The van der Waals surface area contributed by atoms with Crippen molar-refractivity contribution in [2.75, 3.05) is 0 Å². The molecule has 3 heteroatoms. The highest BCUT2D eigenvalue weighted by Crippen LogP contribution is 2.28. The van der Waals surface area contributed by atoms with Gasteiger partial charge in [-0.2, -0.15) is 10.2 Å². The Kier molecular flexibility index (Phi) is 2.82. The molecule has 0 bridgehead atoms. The van der Waals surface area contributed by atoms with E-state index in [4.69, 9.17) is 0 Å². The van der Waals surface area contributed by atoms with Crippen molar-refractivity contribution in [1.29, 1.82) is 0 Å². The van der Waals surface area contributed by atoms with E-state index >= 15 is 0 Å². The van der Waals surface area contributed by atoms with Gasteiger partial charge in [-0.15, -0.1) is 0 Å². The molecular formula is C16H17N3.